The Kier molecular flexibility index (Phi) is 8.07. The summed E-state index contributed by atoms with van der Waals surface area (Å²) >= 11 is 0. The minimum atomic E-state index is -1.79. The largest absolute Gasteiger partial charge is 0.483 e. The number of rotatable bonds is 10. The van der Waals surface area contributed by atoms with Crippen molar-refractivity contribution < 1.29 is 44.2 Å². The van der Waals surface area contributed by atoms with Crippen molar-refractivity contribution in [2.24, 2.45) is 17.6 Å². The van der Waals surface area contributed by atoms with Crippen LogP contribution >= 0.6 is 0 Å². The molecule has 0 radical (unpaired) electrons. The van der Waals surface area contributed by atoms with E-state index >= 15 is 0 Å². The van der Waals surface area contributed by atoms with Crippen LogP contribution in [-0.2, 0) is 37.3 Å². The molecule has 2 bridgehead atoms. The summed E-state index contributed by atoms with van der Waals surface area (Å²) < 4.78 is 17.9. The Bertz CT molecular complexity index is 1240. The number of carbonyl (C=O) groups excluding carboxylic acids is 1. The maximum absolute atomic E-state index is 12.5. The van der Waals surface area contributed by atoms with Crippen LogP contribution in [0.15, 0.2) is 24.3 Å². The zero-order chi connectivity index (χ0) is 29.8. The molecular formula is C30H41N3O9. The lowest BCUT2D eigenvalue weighted by Gasteiger charge is -2.59. The Morgan fingerprint density at radius 1 is 1.14 bits per heavy atom. The minimum Gasteiger partial charge on any atom is -0.483 e. The smallest absolute Gasteiger partial charge is 0.335 e. The molecule has 2 fully saturated rings. The Morgan fingerprint density at radius 2 is 1.95 bits per heavy atom. The van der Waals surface area contributed by atoms with E-state index in [-0.39, 0.29) is 29.8 Å². The highest BCUT2D eigenvalue weighted by Crippen LogP contribution is 2.63. The first-order valence-electron chi connectivity index (χ1n) is 14.9. The van der Waals surface area contributed by atoms with Gasteiger partial charge in [-0.1, -0.05) is 18.2 Å². The molecule has 230 valence electrons. The third-order valence-corrected chi connectivity index (χ3v) is 10.1. The number of likely N-dealkylation sites (tertiary alicyclic amines) is 1. The van der Waals surface area contributed by atoms with Crippen LogP contribution in [0.3, 0.4) is 0 Å². The van der Waals surface area contributed by atoms with E-state index in [9.17, 15) is 30.0 Å². The Balaban J connectivity index is 1.28. The highest BCUT2D eigenvalue weighted by Gasteiger charge is 2.63. The molecule has 1 amide bonds. The van der Waals surface area contributed by atoms with Gasteiger partial charge in [0.2, 0.25) is 0 Å². The second kappa shape index (κ2) is 11.5. The quantitative estimate of drug-likeness (QED) is 0.147. The summed E-state index contributed by atoms with van der Waals surface area (Å²) in [6, 6.07) is 4.36. The van der Waals surface area contributed by atoms with Crippen molar-refractivity contribution >= 4 is 11.9 Å². The molecule has 1 spiro atoms. The normalized spacial score (nSPS) is 38.2. The van der Waals surface area contributed by atoms with Gasteiger partial charge in [0.25, 0.3) is 5.91 Å². The molecule has 1 aromatic carbocycles. The van der Waals surface area contributed by atoms with Crippen LogP contribution in [0.5, 0.6) is 5.75 Å². The predicted octanol–water partition coefficient (Wildman–Crippen LogP) is -0.946. The monoisotopic (exact) mass is 587 g/mol. The number of aliphatic hydroxyl groups excluding tert-OH is 3. The lowest BCUT2D eigenvalue weighted by Crippen LogP contribution is -2.64. The van der Waals surface area contributed by atoms with Crippen LogP contribution in [0.2, 0.25) is 0 Å². The van der Waals surface area contributed by atoms with Gasteiger partial charge >= 0.3 is 5.97 Å². The van der Waals surface area contributed by atoms with E-state index < -0.39 is 42.8 Å². The summed E-state index contributed by atoms with van der Waals surface area (Å²) in [5.41, 5.74) is 8.83. The number of hydrogen-bond acceptors (Lipinski definition) is 10. The molecule has 42 heavy (non-hydrogen) atoms. The Hall–Kier alpha value is -2.58. The second-order valence-corrected chi connectivity index (χ2v) is 12.3. The average Bonchev–Trinajstić information content (AvgIpc) is 3.32. The molecule has 7 N–H and O–H groups in total. The van der Waals surface area contributed by atoms with E-state index in [0.717, 1.165) is 37.8 Å². The third kappa shape index (κ3) is 4.73. The fourth-order valence-electron chi connectivity index (χ4n) is 8.12. The topological polar surface area (TPSA) is 184 Å². The van der Waals surface area contributed by atoms with Gasteiger partial charge in [0.15, 0.2) is 19.0 Å². The molecule has 3 aliphatic carbocycles. The number of unbranched alkanes of at least 4 members (excludes halogenated alkanes) is 1. The molecule has 0 saturated carbocycles. The summed E-state index contributed by atoms with van der Waals surface area (Å²) in [5, 5.41) is 43.6. The van der Waals surface area contributed by atoms with E-state index in [0.29, 0.717) is 31.3 Å². The number of benzene rings is 1. The molecule has 0 aromatic heterocycles. The third-order valence-electron chi connectivity index (χ3n) is 10.1. The van der Waals surface area contributed by atoms with Gasteiger partial charge in [-0.15, -0.1) is 0 Å². The molecule has 10 atom stereocenters. The molecule has 2 saturated heterocycles. The molecule has 12 heteroatoms. The standard InChI is InChI=1S/C30H41N3O9/c1-33-11-8-30-17-5-7-21(41-29-26(37)24(35)25(36)27(42-29)28(38)39)18(30)13-16-20(6-4-15(23(16)30)12-19(17)33)40-14-22(34)32-10-3-2-9-31/h4-7,17-19,21,24-27,29,35-37H,2-3,8-14,31H2,1H3,(H,32,34)(H,38,39)/t17?,18-,19+,21-,24?,25?,26?,27?,29?,30+/m0/s1. The average molecular weight is 588 g/mol. The lowest BCUT2D eigenvalue weighted by atomic mass is 9.52. The number of aliphatic carboxylic acids is 1. The van der Waals surface area contributed by atoms with Gasteiger partial charge in [0.05, 0.1) is 6.10 Å². The number of carboxylic acid groups (broad SMARTS) is 1. The first-order chi connectivity index (χ1) is 20.2. The molecule has 6 unspecified atom stereocenters. The van der Waals surface area contributed by atoms with Crippen molar-refractivity contribution in [3.05, 3.63) is 41.0 Å². The Morgan fingerprint density at radius 3 is 2.71 bits per heavy atom. The van der Waals surface area contributed by atoms with E-state index in [4.69, 9.17) is 19.9 Å². The number of amides is 1. The van der Waals surface area contributed by atoms with Crippen molar-refractivity contribution in [3.8, 4) is 5.75 Å². The fourth-order valence-corrected chi connectivity index (χ4v) is 8.12. The van der Waals surface area contributed by atoms with Crippen molar-refractivity contribution in [3.63, 3.8) is 0 Å². The number of likely N-dealkylation sites (N-methyl/N-ethyl adjacent to an activating group) is 1. The summed E-state index contributed by atoms with van der Waals surface area (Å²) in [7, 11) is 2.15. The molecule has 2 aliphatic heterocycles. The molecule has 12 nitrogen and oxygen atoms in total. The first kappa shape index (κ1) is 29.5. The highest BCUT2D eigenvalue weighted by molar-refractivity contribution is 5.77. The van der Waals surface area contributed by atoms with Gasteiger partial charge in [0, 0.05) is 29.8 Å². The predicted molar refractivity (Wildman–Crippen MR) is 149 cm³/mol. The number of ether oxygens (including phenoxy) is 3. The summed E-state index contributed by atoms with van der Waals surface area (Å²) in [6.45, 7) is 1.92. The number of hydrogen-bond donors (Lipinski definition) is 6. The van der Waals surface area contributed by atoms with Gasteiger partial charge < -0.3 is 50.6 Å². The lowest BCUT2D eigenvalue weighted by molar-refractivity contribution is -0.306. The number of nitrogens with zero attached hydrogens (tertiary/aromatic N) is 1. The summed E-state index contributed by atoms with van der Waals surface area (Å²) in [4.78, 5) is 26.6. The zero-order valence-electron chi connectivity index (χ0n) is 23.7. The fraction of sp³-hybridized carbons (Fsp3) is 0.667. The van der Waals surface area contributed by atoms with Gasteiger partial charge in [-0.25, -0.2) is 4.79 Å². The summed E-state index contributed by atoms with van der Waals surface area (Å²) in [6.07, 6.45) is -0.716. The van der Waals surface area contributed by atoms with Crippen LogP contribution in [0, 0.1) is 11.8 Å². The van der Waals surface area contributed by atoms with E-state index in [1.54, 1.807) is 0 Å². The van der Waals surface area contributed by atoms with Gasteiger partial charge in [-0.2, -0.15) is 0 Å². The minimum absolute atomic E-state index is 0.0735. The van der Waals surface area contributed by atoms with Crippen LogP contribution in [0.25, 0.3) is 0 Å². The number of nitrogens with one attached hydrogen (secondary N) is 1. The molecule has 5 aliphatic rings. The van der Waals surface area contributed by atoms with Gasteiger partial charge in [-0.05, 0) is 75.0 Å². The second-order valence-electron chi connectivity index (χ2n) is 12.3. The van der Waals surface area contributed by atoms with E-state index in [1.807, 2.05) is 12.1 Å². The number of carboxylic acids is 1. The van der Waals surface area contributed by atoms with Crippen molar-refractivity contribution in [1.82, 2.24) is 10.2 Å². The maximum Gasteiger partial charge on any atom is 0.335 e. The summed E-state index contributed by atoms with van der Waals surface area (Å²) in [5.74, 6) is -0.831. The van der Waals surface area contributed by atoms with Crippen LogP contribution in [-0.4, -0.2) is 113 Å². The SMILES string of the molecule is CN1CC[C@]23c4c5ccc(OCC(=O)NCCCCN)c4C[C@H]2[C@@H](OC2OC(C(=O)O)C(O)C(O)C2O)C=CC3[C@H]1C5. The highest BCUT2D eigenvalue weighted by atomic mass is 16.7. The van der Waals surface area contributed by atoms with Crippen molar-refractivity contribution in [1.29, 1.82) is 0 Å². The van der Waals surface area contributed by atoms with Crippen molar-refractivity contribution in [2.45, 2.75) is 80.4 Å². The molecule has 1 aromatic rings. The van der Waals surface area contributed by atoms with Crippen LogP contribution in [0.1, 0.15) is 36.0 Å². The van der Waals surface area contributed by atoms with E-state index in [2.05, 4.69) is 29.4 Å². The van der Waals surface area contributed by atoms with Gasteiger partial charge in [0.1, 0.15) is 24.1 Å². The van der Waals surface area contributed by atoms with Crippen LogP contribution < -0.4 is 15.8 Å². The molecule has 6 rings (SSSR count). The molecule has 2 heterocycles. The number of nitrogens with two attached hydrogens (primary N) is 1. The Labute approximate surface area is 244 Å². The maximum atomic E-state index is 12.5. The van der Waals surface area contributed by atoms with E-state index in [1.165, 1.54) is 11.1 Å². The number of piperidine rings is 1. The van der Waals surface area contributed by atoms with Crippen LogP contribution in [0.4, 0.5) is 0 Å². The zero-order valence-corrected chi connectivity index (χ0v) is 23.7. The number of aliphatic hydroxyl groups is 3. The number of carbonyl (C=O) groups is 2. The van der Waals surface area contributed by atoms with Crippen molar-refractivity contribution in [2.75, 3.05) is 33.3 Å². The molecular weight excluding hydrogens is 546 g/mol. The van der Waals surface area contributed by atoms with Gasteiger partial charge in [-0.3, -0.25) is 4.79 Å². The first-order valence-corrected chi connectivity index (χ1v) is 14.9.